The molecular formula is C51H36N4Si. The molecule has 56 heavy (non-hydrogen) atoms. The number of hydrogen-bond donors (Lipinski definition) is 0. The largest absolute Gasteiger partial charge is 0.309 e. The van der Waals surface area contributed by atoms with E-state index in [2.05, 4.69) is 187 Å². The highest BCUT2D eigenvalue weighted by Crippen LogP contribution is 2.33. The van der Waals surface area contributed by atoms with Gasteiger partial charge in [-0.15, -0.1) is 0 Å². The predicted octanol–water partition coefficient (Wildman–Crippen LogP) is 9.35. The summed E-state index contributed by atoms with van der Waals surface area (Å²) in [6.07, 6.45) is 0. The molecule has 2 aromatic heterocycles. The number of hydrogen-bond acceptors (Lipinski definition) is 3. The topological polar surface area (TPSA) is 43.6 Å². The Morgan fingerprint density at radius 1 is 0.339 bits per heavy atom. The summed E-state index contributed by atoms with van der Waals surface area (Å²) >= 11 is 0. The van der Waals surface area contributed by atoms with Crippen LogP contribution in [0.1, 0.15) is 0 Å². The standard InChI is InChI=1S/C51H36N4Si/c1-6-20-37(21-7-1)49-52-50(38-22-8-2-9-23-38)54-51(53-49)39-24-18-31-43(36-39)56(41-27-12-4-13-28-41,42-29-14-5-15-30-42)47-35-19-33-45-44-32-16-17-34-46(44)55(48(45)47)40-25-10-3-11-26-40/h1-36H. The molecule has 4 nitrogen and oxygen atoms in total. The van der Waals surface area contributed by atoms with Gasteiger partial charge < -0.3 is 4.57 Å². The molecule has 0 spiro atoms. The Kier molecular flexibility index (Phi) is 8.47. The van der Waals surface area contributed by atoms with Gasteiger partial charge in [0.05, 0.1) is 11.0 Å². The van der Waals surface area contributed by atoms with Crippen LogP contribution in [0.5, 0.6) is 0 Å². The summed E-state index contributed by atoms with van der Waals surface area (Å²) in [5.41, 5.74) is 6.38. The van der Waals surface area contributed by atoms with Gasteiger partial charge in [0.25, 0.3) is 0 Å². The predicted molar refractivity (Wildman–Crippen MR) is 234 cm³/mol. The summed E-state index contributed by atoms with van der Waals surface area (Å²) in [7, 11) is -3.10. The highest BCUT2D eigenvalue weighted by Gasteiger charge is 2.43. The Morgan fingerprint density at radius 3 is 1.36 bits per heavy atom. The Morgan fingerprint density at radius 2 is 0.768 bits per heavy atom. The summed E-state index contributed by atoms with van der Waals surface area (Å²) in [6, 6.07) is 78.1. The number of para-hydroxylation sites is 3. The Bertz CT molecular complexity index is 2850. The van der Waals surface area contributed by atoms with Crippen LogP contribution >= 0.6 is 0 Å². The number of nitrogens with zero attached hydrogens (tertiary/aromatic N) is 4. The van der Waals surface area contributed by atoms with Gasteiger partial charge in [0, 0.05) is 33.2 Å². The van der Waals surface area contributed by atoms with Crippen LogP contribution in [0.4, 0.5) is 0 Å². The van der Waals surface area contributed by atoms with E-state index in [0.29, 0.717) is 17.5 Å². The third-order valence-corrected chi connectivity index (χ3v) is 15.6. The zero-order valence-corrected chi connectivity index (χ0v) is 31.6. The first-order chi connectivity index (χ1) is 27.8. The van der Waals surface area contributed by atoms with Crippen molar-refractivity contribution in [3.8, 4) is 39.9 Å². The summed E-state index contributed by atoms with van der Waals surface area (Å²) in [5.74, 6) is 1.93. The van der Waals surface area contributed by atoms with Crippen molar-refractivity contribution in [1.82, 2.24) is 19.5 Å². The van der Waals surface area contributed by atoms with Crippen molar-refractivity contribution in [2.24, 2.45) is 0 Å². The molecule has 0 bridgehead atoms. The van der Waals surface area contributed by atoms with Crippen LogP contribution in [0.3, 0.4) is 0 Å². The van der Waals surface area contributed by atoms with Gasteiger partial charge in [0.1, 0.15) is 0 Å². The maximum Gasteiger partial charge on any atom is 0.181 e. The molecule has 0 radical (unpaired) electrons. The summed E-state index contributed by atoms with van der Waals surface area (Å²) in [5, 5.41) is 7.62. The van der Waals surface area contributed by atoms with Gasteiger partial charge in [-0.1, -0.05) is 200 Å². The van der Waals surface area contributed by atoms with Gasteiger partial charge in [-0.25, -0.2) is 15.0 Å². The third kappa shape index (κ3) is 5.65. The van der Waals surface area contributed by atoms with Crippen LogP contribution < -0.4 is 20.7 Å². The minimum absolute atomic E-state index is 0.639. The minimum atomic E-state index is -3.10. The Hall–Kier alpha value is -7.21. The fourth-order valence-corrected chi connectivity index (χ4v) is 13.3. The first-order valence-electron chi connectivity index (χ1n) is 19.0. The second kappa shape index (κ2) is 14.2. The monoisotopic (exact) mass is 732 g/mol. The molecule has 0 aliphatic rings. The highest BCUT2D eigenvalue weighted by molar-refractivity contribution is 7.20. The van der Waals surface area contributed by atoms with Gasteiger partial charge in [0.2, 0.25) is 0 Å². The van der Waals surface area contributed by atoms with Gasteiger partial charge in [-0.3, -0.25) is 0 Å². The molecule has 0 saturated heterocycles. The van der Waals surface area contributed by atoms with E-state index in [0.717, 1.165) is 22.4 Å². The van der Waals surface area contributed by atoms with Gasteiger partial charge in [-0.2, -0.15) is 0 Å². The van der Waals surface area contributed by atoms with E-state index < -0.39 is 8.07 Å². The molecule has 0 amide bonds. The van der Waals surface area contributed by atoms with Gasteiger partial charge >= 0.3 is 0 Å². The van der Waals surface area contributed by atoms with E-state index in [1.165, 1.54) is 42.6 Å². The van der Waals surface area contributed by atoms with E-state index in [9.17, 15) is 0 Å². The second-order valence-corrected chi connectivity index (χ2v) is 17.8. The Balaban J connectivity index is 1.31. The molecule has 0 atom stereocenters. The van der Waals surface area contributed by atoms with E-state index in [4.69, 9.17) is 15.0 Å². The van der Waals surface area contributed by atoms with Crippen molar-refractivity contribution < 1.29 is 0 Å². The molecule has 10 rings (SSSR count). The second-order valence-electron chi connectivity index (χ2n) is 14.0. The summed E-state index contributed by atoms with van der Waals surface area (Å²) < 4.78 is 2.47. The molecule has 0 N–H and O–H groups in total. The van der Waals surface area contributed by atoms with Crippen molar-refractivity contribution >= 4 is 50.6 Å². The van der Waals surface area contributed by atoms with Crippen LogP contribution in [0, 0.1) is 0 Å². The average Bonchev–Trinajstić information content (AvgIpc) is 3.63. The molecule has 264 valence electrons. The number of rotatable bonds is 8. The van der Waals surface area contributed by atoms with Crippen molar-refractivity contribution in [2.45, 2.75) is 0 Å². The van der Waals surface area contributed by atoms with E-state index in [1.54, 1.807) is 0 Å². The SMILES string of the molecule is c1ccc(-c2nc(-c3ccccc3)nc(-c3cccc([Si](c4ccccc4)(c4ccccc4)c4cccc5c6ccccc6n(-c6ccccc6)c45)c3)n2)cc1. The highest BCUT2D eigenvalue weighted by atomic mass is 28.3. The fraction of sp³-hybridized carbons (Fsp3) is 0. The van der Waals surface area contributed by atoms with Crippen LogP contribution in [0.25, 0.3) is 61.7 Å². The third-order valence-electron chi connectivity index (χ3n) is 10.8. The zero-order chi connectivity index (χ0) is 37.3. The first kappa shape index (κ1) is 33.4. The van der Waals surface area contributed by atoms with Crippen LogP contribution in [-0.2, 0) is 0 Å². The lowest BCUT2D eigenvalue weighted by atomic mass is 10.1. The molecule has 0 aliphatic heterocycles. The lowest BCUT2D eigenvalue weighted by Crippen LogP contribution is -2.75. The van der Waals surface area contributed by atoms with Crippen molar-refractivity contribution in [2.75, 3.05) is 0 Å². The molecule has 8 aromatic carbocycles. The maximum atomic E-state index is 5.16. The normalized spacial score (nSPS) is 11.6. The minimum Gasteiger partial charge on any atom is -0.309 e. The Labute approximate surface area is 327 Å². The number of fused-ring (bicyclic) bond motifs is 3. The zero-order valence-electron chi connectivity index (χ0n) is 30.6. The summed E-state index contributed by atoms with van der Waals surface area (Å²) in [6.45, 7) is 0. The summed E-state index contributed by atoms with van der Waals surface area (Å²) in [4.78, 5) is 15.3. The molecule has 2 heterocycles. The van der Waals surface area contributed by atoms with Crippen LogP contribution in [0.2, 0.25) is 0 Å². The molecule has 0 fully saturated rings. The average molecular weight is 733 g/mol. The lowest BCUT2D eigenvalue weighted by Gasteiger charge is -2.35. The van der Waals surface area contributed by atoms with Crippen LogP contribution in [-0.4, -0.2) is 27.6 Å². The fourth-order valence-electron chi connectivity index (χ4n) is 8.34. The lowest BCUT2D eigenvalue weighted by molar-refractivity contribution is 1.07. The maximum absolute atomic E-state index is 5.16. The van der Waals surface area contributed by atoms with Crippen molar-refractivity contribution in [3.05, 3.63) is 218 Å². The number of benzene rings is 8. The molecule has 5 heteroatoms. The van der Waals surface area contributed by atoms with E-state index in [1.807, 2.05) is 36.4 Å². The molecule has 10 aromatic rings. The van der Waals surface area contributed by atoms with Gasteiger partial charge in [-0.05, 0) is 38.9 Å². The first-order valence-corrected chi connectivity index (χ1v) is 21.0. The van der Waals surface area contributed by atoms with E-state index in [-0.39, 0.29) is 0 Å². The molecular weight excluding hydrogens is 697 g/mol. The smallest absolute Gasteiger partial charge is 0.181 e. The number of aromatic nitrogens is 4. The van der Waals surface area contributed by atoms with Crippen LogP contribution in [0.15, 0.2) is 218 Å². The van der Waals surface area contributed by atoms with E-state index >= 15 is 0 Å². The molecule has 0 saturated carbocycles. The quantitative estimate of drug-likeness (QED) is 0.116. The molecule has 0 unspecified atom stereocenters. The van der Waals surface area contributed by atoms with Crippen molar-refractivity contribution in [3.63, 3.8) is 0 Å². The molecule has 0 aliphatic carbocycles. The van der Waals surface area contributed by atoms with Crippen molar-refractivity contribution in [1.29, 1.82) is 0 Å². The van der Waals surface area contributed by atoms with Gasteiger partial charge in [0.15, 0.2) is 25.5 Å².